The van der Waals surface area contributed by atoms with E-state index < -0.39 is 5.97 Å². The molecule has 5 nitrogen and oxygen atoms in total. The second kappa shape index (κ2) is 4.59. The van der Waals surface area contributed by atoms with E-state index in [9.17, 15) is 4.79 Å². The topological polar surface area (TPSA) is 57.7 Å². The summed E-state index contributed by atoms with van der Waals surface area (Å²) in [5.41, 5.74) is 1.61. The first-order valence-corrected chi connectivity index (χ1v) is 5.58. The molecule has 0 amide bonds. The summed E-state index contributed by atoms with van der Waals surface area (Å²) in [4.78, 5) is 25.2. The van der Waals surface area contributed by atoms with Gasteiger partial charge in [-0.25, -0.2) is 4.79 Å². The van der Waals surface area contributed by atoms with Crippen molar-refractivity contribution in [2.24, 2.45) is 0 Å². The lowest BCUT2D eigenvalue weighted by Gasteiger charge is -2.04. The zero-order chi connectivity index (χ0) is 13.2. The number of carbonyl (C=O) groups is 1. The highest BCUT2D eigenvalue weighted by atomic mass is 17.2. The average molecular weight is 255 g/mol. The van der Waals surface area contributed by atoms with E-state index in [1.807, 2.05) is 6.07 Å². The van der Waals surface area contributed by atoms with Crippen LogP contribution in [0.4, 0.5) is 0 Å². The molecule has 0 radical (unpaired) electrons. The zero-order valence-electron chi connectivity index (χ0n) is 10.1. The third-order valence-corrected chi connectivity index (χ3v) is 2.85. The summed E-state index contributed by atoms with van der Waals surface area (Å²) in [6.45, 7) is 0.377. The van der Waals surface area contributed by atoms with Gasteiger partial charge in [0, 0.05) is 46.3 Å². The Kier molecular flexibility index (Phi) is 2.78. The van der Waals surface area contributed by atoms with Crippen LogP contribution in [0.5, 0.6) is 5.75 Å². The standard InChI is InChI=1S/C14H9NO4/c1-17-14(16)3-2-9-6-13-12(8-18-19-13)11-7-15-5-4-10(9)11/h4-7H,8H2,1H3. The Balaban J connectivity index is 2.22. The van der Waals surface area contributed by atoms with Crippen molar-refractivity contribution >= 4 is 16.7 Å². The van der Waals surface area contributed by atoms with Crippen LogP contribution in [0.3, 0.4) is 0 Å². The number of carbonyl (C=O) groups excluding carboxylic acids is 1. The van der Waals surface area contributed by atoms with E-state index in [-0.39, 0.29) is 0 Å². The van der Waals surface area contributed by atoms with Crippen LogP contribution in [0.25, 0.3) is 10.8 Å². The molecular weight excluding hydrogens is 246 g/mol. The molecule has 0 saturated carbocycles. The molecule has 19 heavy (non-hydrogen) atoms. The highest BCUT2D eigenvalue weighted by Crippen LogP contribution is 2.34. The lowest BCUT2D eigenvalue weighted by Crippen LogP contribution is -1.95. The highest BCUT2D eigenvalue weighted by Gasteiger charge is 2.19. The van der Waals surface area contributed by atoms with Gasteiger partial charge in [0.05, 0.1) is 7.11 Å². The summed E-state index contributed by atoms with van der Waals surface area (Å²) >= 11 is 0. The molecule has 1 aromatic heterocycles. The second-order valence-electron chi connectivity index (χ2n) is 3.91. The van der Waals surface area contributed by atoms with Crippen molar-refractivity contribution in [3.63, 3.8) is 0 Å². The van der Waals surface area contributed by atoms with Crippen LogP contribution in [0, 0.1) is 11.8 Å². The molecule has 2 heterocycles. The smallest absolute Gasteiger partial charge is 0.384 e. The van der Waals surface area contributed by atoms with Crippen LogP contribution in [-0.2, 0) is 21.0 Å². The Hall–Kier alpha value is -2.58. The molecule has 0 saturated heterocycles. The number of aromatic nitrogens is 1. The van der Waals surface area contributed by atoms with Gasteiger partial charge >= 0.3 is 5.97 Å². The normalized spacial score (nSPS) is 12.3. The minimum absolute atomic E-state index is 0.377. The quantitative estimate of drug-likeness (QED) is 0.406. The maximum atomic E-state index is 11.1. The van der Waals surface area contributed by atoms with Gasteiger partial charge in [-0.2, -0.15) is 4.89 Å². The Morgan fingerprint density at radius 2 is 2.37 bits per heavy atom. The van der Waals surface area contributed by atoms with Crippen LogP contribution in [0.1, 0.15) is 11.1 Å². The summed E-state index contributed by atoms with van der Waals surface area (Å²) in [7, 11) is 1.29. The summed E-state index contributed by atoms with van der Waals surface area (Å²) in [6.07, 6.45) is 3.41. The van der Waals surface area contributed by atoms with Crippen LogP contribution in [0.15, 0.2) is 24.5 Å². The van der Waals surface area contributed by atoms with Gasteiger partial charge in [-0.1, -0.05) is 5.92 Å². The maximum Gasteiger partial charge on any atom is 0.384 e. The molecule has 3 rings (SSSR count). The summed E-state index contributed by atoms with van der Waals surface area (Å²) < 4.78 is 4.50. The van der Waals surface area contributed by atoms with Gasteiger partial charge in [-0.15, -0.1) is 0 Å². The molecule has 0 aliphatic carbocycles. The van der Waals surface area contributed by atoms with Gasteiger partial charge in [-0.3, -0.25) is 4.98 Å². The number of methoxy groups -OCH3 is 1. The van der Waals surface area contributed by atoms with E-state index in [4.69, 9.17) is 9.78 Å². The molecule has 1 aliphatic heterocycles. The Labute approximate surface area is 109 Å². The molecule has 0 fully saturated rings. The fourth-order valence-electron chi connectivity index (χ4n) is 1.95. The van der Waals surface area contributed by atoms with Crippen LogP contribution < -0.4 is 4.89 Å². The van der Waals surface area contributed by atoms with Crippen molar-refractivity contribution in [1.82, 2.24) is 4.98 Å². The number of fused-ring (bicyclic) bond motifs is 3. The van der Waals surface area contributed by atoms with Gasteiger partial charge in [0.1, 0.15) is 6.61 Å². The fourth-order valence-corrected chi connectivity index (χ4v) is 1.95. The maximum absolute atomic E-state index is 11.1. The van der Waals surface area contributed by atoms with E-state index in [1.165, 1.54) is 7.11 Å². The first kappa shape index (κ1) is 11.5. The van der Waals surface area contributed by atoms with Crippen molar-refractivity contribution in [3.05, 3.63) is 35.7 Å². The van der Waals surface area contributed by atoms with Gasteiger partial charge in [-0.05, 0) is 6.07 Å². The molecule has 5 heteroatoms. The first-order chi connectivity index (χ1) is 9.29. The van der Waals surface area contributed by atoms with Gasteiger partial charge in [0.25, 0.3) is 0 Å². The third kappa shape index (κ3) is 1.98. The second-order valence-corrected chi connectivity index (χ2v) is 3.91. The van der Waals surface area contributed by atoms with Crippen LogP contribution >= 0.6 is 0 Å². The van der Waals surface area contributed by atoms with Crippen LogP contribution in [-0.4, -0.2) is 18.1 Å². The molecular formula is C14H9NO4. The Morgan fingerprint density at radius 1 is 1.47 bits per heavy atom. The van der Waals surface area contributed by atoms with E-state index >= 15 is 0 Å². The summed E-state index contributed by atoms with van der Waals surface area (Å²) in [5.74, 6) is 5.21. The zero-order valence-corrected chi connectivity index (χ0v) is 10.1. The van der Waals surface area contributed by atoms with E-state index in [2.05, 4.69) is 21.6 Å². The molecule has 0 atom stereocenters. The molecule has 0 bridgehead atoms. The predicted octanol–water partition coefficient (Wildman–Crippen LogP) is 1.58. The number of ether oxygens (including phenoxy) is 1. The van der Waals surface area contributed by atoms with Crippen molar-refractivity contribution in [3.8, 4) is 17.6 Å². The first-order valence-electron chi connectivity index (χ1n) is 5.58. The predicted molar refractivity (Wildman–Crippen MR) is 66.1 cm³/mol. The summed E-state index contributed by atoms with van der Waals surface area (Å²) in [6, 6.07) is 3.59. The lowest BCUT2D eigenvalue weighted by molar-refractivity contribution is -0.194. The third-order valence-electron chi connectivity index (χ3n) is 2.85. The van der Waals surface area contributed by atoms with E-state index in [0.29, 0.717) is 17.9 Å². The minimum Gasteiger partial charge on any atom is -0.459 e. The molecule has 1 aliphatic rings. The number of hydrogen-bond acceptors (Lipinski definition) is 5. The highest BCUT2D eigenvalue weighted by molar-refractivity contribution is 5.95. The number of pyridine rings is 1. The van der Waals surface area contributed by atoms with Gasteiger partial charge in [0.2, 0.25) is 0 Å². The number of benzene rings is 1. The molecule has 2 aromatic rings. The molecule has 0 unspecified atom stereocenters. The minimum atomic E-state index is -0.583. The number of hydrogen-bond donors (Lipinski definition) is 0. The van der Waals surface area contributed by atoms with Crippen molar-refractivity contribution in [2.45, 2.75) is 6.61 Å². The molecule has 1 aromatic carbocycles. The monoisotopic (exact) mass is 255 g/mol. The van der Waals surface area contributed by atoms with E-state index in [1.54, 1.807) is 18.5 Å². The van der Waals surface area contributed by atoms with Crippen LogP contribution in [0.2, 0.25) is 0 Å². The van der Waals surface area contributed by atoms with Gasteiger partial charge < -0.3 is 9.62 Å². The Morgan fingerprint density at radius 3 is 3.21 bits per heavy atom. The van der Waals surface area contributed by atoms with E-state index in [0.717, 1.165) is 16.3 Å². The number of rotatable bonds is 0. The Bertz CT molecular complexity index is 727. The van der Waals surface area contributed by atoms with Gasteiger partial charge in [0.15, 0.2) is 5.75 Å². The largest absolute Gasteiger partial charge is 0.459 e. The fraction of sp³-hybridized carbons (Fsp3) is 0.143. The SMILES string of the molecule is COC(=O)C#Cc1cc2c(c3cnccc13)COO2. The van der Waals surface area contributed by atoms with Crippen molar-refractivity contribution in [2.75, 3.05) is 7.11 Å². The molecule has 0 spiro atoms. The van der Waals surface area contributed by atoms with Crippen molar-refractivity contribution < 1.29 is 19.3 Å². The number of esters is 1. The molecule has 94 valence electrons. The average Bonchev–Trinajstić information content (AvgIpc) is 2.92. The molecule has 0 N–H and O–H groups in total. The lowest BCUT2D eigenvalue weighted by atomic mass is 10.0. The number of nitrogens with zero attached hydrogens (tertiary/aromatic N) is 1. The summed E-state index contributed by atoms with van der Waals surface area (Å²) in [5, 5.41) is 1.81. The van der Waals surface area contributed by atoms with Crippen molar-refractivity contribution in [1.29, 1.82) is 0 Å².